The Balaban J connectivity index is 1.49. The van der Waals surface area contributed by atoms with Crippen LogP contribution in [0.2, 0.25) is 0 Å². The third-order valence-electron chi connectivity index (χ3n) is 4.39. The van der Waals surface area contributed by atoms with Crippen LogP contribution in [0.15, 0.2) is 77.5 Å². The highest BCUT2D eigenvalue weighted by Gasteiger charge is 2.19. The minimum atomic E-state index is -0.189. The van der Waals surface area contributed by atoms with Crippen LogP contribution in [-0.4, -0.2) is 10.9 Å². The second-order valence-corrected chi connectivity index (χ2v) is 8.55. The van der Waals surface area contributed by atoms with Crippen molar-refractivity contribution in [2.45, 2.75) is 19.6 Å². The van der Waals surface area contributed by atoms with Crippen LogP contribution in [0.25, 0.3) is 0 Å². The summed E-state index contributed by atoms with van der Waals surface area (Å²) < 4.78 is 5.82. The summed E-state index contributed by atoms with van der Waals surface area (Å²) in [5.41, 5.74) is 2.51. The molecule has 1 atom stereocenters. The molecule has 2 heterocycles. The molecule has 1 amide bonds. The van der Waals surface area contributed by atoms with Crippen molar-refractivity contribution in [3.8, 4) is 5.75 Å². The maximum Gasteiger partial charge on any atom is 0.252 e. The lowest BCUT2D eigenvalue weighted by Gasteiger charge is -2.18. The molecule has 0 saturated heterocycles. The molecule has 0 aliphatic heterocycles. The lowest BCUT2D eigenvalue weighted by molar-refractivity contribution is 0.0943. The van der Waals surface area contributed by atoms with Gasteiger partial charge in [-0.15, -0.1) is 22.7 Å². The Bertz CT molecular complexity index is 1080. The van der Waals surface area contributed by atoms with Crippen LogP contribution in [0.5, 0.6) is 5.75 Å². The molecule has 4 rings (SSSR count). The predicted molar refractivity (Wildman–Crippen MR) is 118 cm³/mol. The Morgan fingerprint density at radius 3 is 2.66 bits per heavy atom. The van der Waals surface area contributed by atoms with Gasteiger partial charge in [0.2, 0.25) is 0 Å². The van der Waals surface area contributed by atoms with E-state index in [4.69, 9.17) is 4.74 Å². The van der Waals surface area contributed by atoms with Gasteiger partial charge in [0.15, 0.2) is 0 Å². The molecule has 0 bridgehead atoms. The monoisotopic (exact) mass is 420 g/mol. The highest BCUT2D eigenvalue weighted by Crippen LogP contribution is 2.26. The largest absolute Gasteiger partial charge is 0.487 e. The zero-order chi connectivity index (χ0) is 20.1. The van der Waals surface area contributed by atoms with E-state index in [0.29, 0.717) is 17.9 Å². The summed E-state index contributed by atoms with van der Waals surface area (Å²) in [6.45, 7) is 2.35. The lowest BCUT2D eigenvalue weighted by atomic mass is 10.0. The highest BCUT2D eigenvalue weighted by atomic mass is 32.1. The number of amides is 1. The van der Waals surface area contributed by atoms with Crippen molar-refractivity contribution in [2.75, 3.05) is 0 Å². The molecule has 2 aromatic carbocycles. The lowest BCUT2D eigenvalue weighted by Crippen LogP contribution is -2.28. The number of aromatic nitrogens is 1. The van der Waals surface area contributed by atoms with E-state index < -0.39 is 0 Å². The van der Waals surface area contributed by atoms with Crippen molar-refractivity contribution in [3.63, 3.8) is 0 Å². The fourth-order valence-corrected chi connectivity index (χ4v) is 4.39. The average Bonchev–Trinajstić information content (AvgIpc) is 3.43. The quantitative estimate of drug-likeness (QED) is 0.423. The molecule has 2 aromatic heterocycles. The van der Waals surface area contributed by atoms with E-state index in [0.717, 1.165) is 21.1 Å². The normalized spacial score (nSPS) is 11.8. The summed E-state index contributed by atoms with van der Waals surface area (Å²) in [4.78, 5) is 18.5. The van der Waals surface area contributed by atoms with Gasteiger partial charge in [-0.1, -0.05) is 42.5 Å². The van der Waals surface area contributed by atoms with Crippen molar-refractivity contribution < 1.29 is 9.53 Å². The molecule has 146 valence electrons. The fourth-order valence-electron chi connectivity index (χ4n) is 2.99. The molecule has 4 aromatic rings. The van der Waals surface area contributed by atoms with Gasteiger partial charge < -0.3 is 10.1 Å². The maximum absolute atomic E-state index is 13.0. The first-order chi connectivity index (χ1) is 14.2. The van der Waals surface area contributed by atoms with Gasteiger partial charge in [-0.2, -0.15) is 0 Å². The zero-order valence-corrected chi connectivity index (χ0v) is 17.5. The Hall–Kier alpha value is -2.96. The van der Waals surface area contributed by atoms with Gasteiger partial charge in [-0.25, -0.2) is 4.98 Å². The summed E-state index contributed by atoms with van der Waals surface area (Å²) in [6.07, 6.45) is 0. The van der Waals surface area contributed by atoms with E-state index in [1.54, 1.807) is 34.8 Å². The van der Waals surface area contributed by atoms with Crippen LogP contribution in [-0.2, 0) is 6.61 Å². The van der Waals surface area contributed by atoms with E-state index >= 15 is 0 Å². The van der Waals surface area contributed by atoms with Gasteiger partial charge in [0, 0.05) is 15.8 Å². The Morgan fingerprint density at radius 1 is 1.07 bits per heavy atom. The predicted octanol–water partition coefficient (Wildman–Crippen LogP) is 5.61. The van der Waals surface area contributed by atoms with Crippen molar-refractivity contribution >= 4 is 28.6 Å². The number of aryl methyl sites for hydroxylation is 1. The number of rotatable bonds is 7. The zero-order valence-electron chi connectivity index (χ0n) is 15.9. The van der Waals surface area contributed by atoms with Gasteiger partial charge in [0.05, 0.1) is 16.7 Å². The second kappa shape index (κ2) is 9.03. The molecule has 0 spiro atoms. The minimum absolute atomic E-state index is 0.137. The van der Waals surface area contributed by atoms with Crippen molar-refractivity contribution in [2.24, 2.45) is 0 Å². The molecular weight excluding hydrogens is 400 g/mol. The fraction of sp³-hybridized carbons (Fsp3) is 0.130. The number of carbonyl (C=O) groups excluding carboxylic acids is 1. The van der Waals surface area contributed by atoms with Gasteiger partial charge in [-0.05, 0) is 42.1 Å². The van der Waals surface area contributed by atoms with E-state index in [2.05, 4.69) is 10.3 Å². The third kappa shape index (κ3) is 4.91. The molecule has 1 N–H and O–H groups in total. The van der Waals surface area contributed by atoms with Crippen molar-refractivity contribution in [3.05, 3.63) is 104 Å². The number of ether oxygens (including phenoxy) is 1. The molecule has 0 radical (unpaired) electrons. The first kappa shape index (κ1) is 19.4. The Labute approximate surface area is 177 Å². The van der Waals surface area contributed by atoms with Crippen LogP contribution in [0.1, 0.15) is 37.5 Å². The topological polar surface area (TPSA) is 51.2 Å². The van der Waals surface area contributed by atoms with Crippen LogP contribution >= 0.6 is 22.7 Å². The molecule has 0 aliphatic rings. The number of nitrogens with zero attached hydrogens (tertiary/aromatic N) is 1. The standard InChI is InChI=1S/C23H20N2O2S2/c1-16-24-19(15-29-16)14-27-20-10-5-9-18(13-20)23(26)25-22(21-11-6-12-28-21)17-7-3-2-4-8-17/h2-13,15,22H,14H2,1H3,(H,25,26)/t22-/m0/s1. The smallest absolute Gasteiger partial charge is 0.252 e. The third-order valence-corrected chi connectivity index (χ3v) is 6.15. The van der Waals surface area contributed by atoms with E-state index in [9.17, 15) is 4.79 Å². The molecule has 4 nitrogen and oxygen atoms in total. The second-order valence-electron chi connectivity index (χ2n) is 6.51. The van der Waals surface area contributed by atoms with Crippen LogP contribution in [0.4, 0.5) is 0 Å². The Morgan fingerprint density at radius 2 is 1.93 bits per heavy atom. The van der Waals surface area contributed by atoms with Gasteiger partial charge in [0.25, 0.3) is 5.91 Å². The summed E-state index contributed by atoms with van der Waals surface area (Å²) in [5.74, 6) is 0.512. The molecule has 0 saturated carbocycles. The number of nitrogens with one attached hydrogen (secondary N) is 1. The minimum Gasteiger partial charge on any atom is -0.487 e. The molecule has 0 fully saturated rings. The molecule has 29 heavy (non-hydrogen) atoms. The number of carbonyl (C=O) groups is 1. The SMILES string of the molecule is Cc1nc(COc2cccc(C(=O)N[C@@H](c3ccccc3)c3cccs3)c2)cs1. The summed E-state index contributed by atoms with van der Waals surface area (Å²) in [6, 6.07) is 21.1. The number of hydrogen-bond donors (Lipinski definition) is 1. The van der Waals surface area contributed by atoms with Crippen LogP contribution < -0.4 is 10.1 Å². The van der Waals surface area contributed by atoms with Crippen LogP contribution in [0.3, 0.4) is 0 Å². The van der Waals surface area contributed by atoms with Gasteiger partial charge >= 0.3 is 0 Å². The van der Waals surface area contributed by atoms with E-state index in [1.165, 1.54) is 0 Å². The summed E-state index contributed by atoms with van der Waals surface area (Å²) >= 11 is 3.23. The Kier molecular flexibility index (Phi) is 6.03. The van der Waals surface area contributed by atoms with Crippen LogP contribution in [0, 0.1) is 6.92 Å². The first-order valence-electron chi connectivity index (χ1n) is 9.22. The number of hydrogen-bond acceptors (Lipinski definition) is 5. The maximum atomic E-state index is 13.0. The van der Waals surface area contributed by atoms with E-state index in [1.807, 2.05) is 72.3 Å². The van der Waals surface area contributed by atoms with Crippen molar-refractivity contribution in [1.82, 2.24) is 10.3 Å². The van der Waals surface area contributed by atoms with Crippen molar-refractivity contribution in [1.29, 1.82) is 0 Å². The highest BCUT2D eigenvalue weighted by molar-refractivity contribution is 7.10. The average molecular weight is 421 g/mol. The summed E-state index contributed by atoms with van der Waals surface area (Å²) in [7, 11) is 0. The van der Waals surface area contributed by atoms with Gasteiger partial charge in [-0.3, -0.25) is 4.79 Å². The van der Waals surface area contributed by atoms with Gasteiger partial charge in [0.1, 0.15) is 12.4 Å². The molecule has 6 heteroatoms. The number of thiazole rings is 1. The molecular formula is C23H20N2O2S2. The number of benzene rings is 2. The van der Waals surface area contributed by atoms with E-state index in [-0.39, 0.29) is 11.9 Å². The molecule has 0 aliphatic carbocycles. The molecule has 0 unspecified atom stereocenters. The number of thiophene rings is 1. The summed E-state index contributed by atoms with van der Waals surface area (Å²) in [5, 5.41) is 8.18. The first-order valence-corrected chi connectivity index (χ1v) is 11.0.